The van der Waals surface area contributed by atoms with Crippen molar-refractivity contribution >= 4 is 28.7 Å². The summed E-state index contributed by atoms with van der Waals surface area (Å²) < 4.78 is 7.05. The fourth-order valence-electron chi connectivity index (χ4n) is 3.28. The zero-order valence-corrected chi connectivity index (χ0v) is 16.4. The van der Waals surface area contributed by atoms with Gasteiger partial charge in [0, 0.05) is 12.6 Å². The van der Waals surface area contributed by atoms with Crippen LogP contribution in [0.5, 0.6) is 11.5 Å². The van der Waals surface area contributed by atoms with Crippen molar-refractivity contribution in [2.75, 3.05) is 12.4 Å². The minimum atomic E-state index is -0.273. The van der Waals surface area contributed by atoms with Crippen molar-refractivity contribution in [1.82, 2.24) is 9.55 Å². The lowest BCUT2D eigenvalue weighted by Gasteiger charge is -2.09. The number of imidazole rings is 1. The molecule has 4 rings (SSSR count). The number of ether oxygens (including phenoxy) is 1. The molecule has 0 aliphatic heterocycles. The zero-order chi connectivity index (χ0) is 20.9. The highest BCUT2D eigenvalue weighted by molar-refractivity contribution is 6.06. The van der Waals surface area contributed by atoms with Crippen LogP contribution in [0.1, 0.15) is 11.1 Å². The molecular formula is C24H21N3O3. The van der Waals surface area contributed by atoms with Crippen LogP contribution in [0.15, 0.2) is 79.1 Å². The van der Waals surface area contributed by atoms with Crippen LogP contribution in [0, 0.1) is 0 Å². The molecule has 1 amide bonds. The number of hydrogen-bond acceptors (Lipinski definition) is 4. The largest absolute Gasteiger partial charge is 0.504 e. The molecule has 2 N–H and O–H groups in total. The van der Waals surface area contributed by atoms with E-state index in [9.17, 15) is 9.90 Å². The van der Waals surface area contributed by atoms with E-state index in [1.54, 1.807) is 24.5 Å². The van der Waals surface area contributed by atoms with Gasteiger partial charge in [-0.05, 0) is 41.5 Å². The number of phenols is 1. The molecule has 150 valence electrons. The van der Waals surface area contributed by atoms with Gasteiger partial charge in [-0.3, -0.25) is 4.79 Å². The van der Waals surface area contributed by atoms with Crippen molar-refractivity contribution in [3.05, 3.63) is 90.3 Å². The Balaban J connectivity index is 1.55. The Hall–Kier alpha value is -4.06. The average Bonchev–Trinajstić information content (AvgIpc) is 3.17. The Morgan fingerprint density at radius 1 is 1.13 bits per heavy atom. The molecule has 0 radical (unpaired) electrons. The van der Waals surface area contributed by atoms with Gasteiger partial charge in [-0.2, -0.15) is 0 Å². The highest BCUT2D eigenvalue weighted by Crippen LogP contribution is 2.27. The highest BCUT2D eigenvalue weighted by atomic mass is 16.5. The number of rotatable bonds is 6. The molecule has 1 heterocycles. The van der Waals surface area contributed by atoms with Crippen LogP contribution in [-0.2, 0) is 11.3 Å². The van der Waals surface area contributed by atoms with Crippen LogP contribution in [0.2, 0.25) is 0 Å². The van der Waals surface area contributed by atoms with E-state index < -0.39 is 0 Å². The summed E-state index contributed by atoms with van der Waals surface area (Å²) in [5.74, 6) is 0.134. The third kappa shape index (κ3) is 4.17. The maximum Gasteiger partial charge on any atom is 0.248 e. The maximum absolute atomic E-state index is 12.5. The first kappa shape index (κ1) is 19.3. The van der Waals surface area contributed by atoms with Gasteiger partial charge in [-0.1, -0.05) is 42.5 Å². The van der Waals surface area contributed by atoms with Gasteiger partial charge < -0.3 is 19.7 Å². The fourth-order valence-corrected chi connectivity index (χ4v) is 3.28. The van der Waals surface area contributed by atoms with Gasteiger partial charge in [0.1, 0.15) is 0 Å². The number of fused-ring (bicyclic) bond motifs is 1. The topological polar surface area (TPSA) is 76.4 Å². The molecule has 0 fully saturated rings. The minimum Gasteiger partial charge on any atom is -0.504 e. The van der Waals surface area contributed by atoms with Crippen LogP contribution in [-0.4, -0.2) is 27.7 Å². The van der Waals surface area contributed by atoms with Crippen molar-refractivity contribution in [3.8, 4) is 11.5 Å². The number of para-hydroxylation sites is 1. The first-order chi connectivity index (χ1) is 14.6. The van der Waals surface area contributed by atoms with Crippen LogP contribution < -0.4 is 10.1 Å². The van der Waals surface area contributed by atoms with Gasteiger partial charge in [0.15, 0.2) is 11.5 Å². The smallest absolute Gasteiger partial charge is 0.248 e. The van der Waals surface area contributed by atoms with E-state index in [2.05, 4.69) is 22.4 Å². The average molecular weight is 399 g/mol. The number of amides is 1. The van der Waals surface area contributed by atoms with Crippen LogP contribution in [0.4, 0.5) is 5.69 Å². The summed E-state index contributed by atoms with van der Waals surface area (Å²) >= 11 is 0. The summed E-state index contributed by atoms with van der Waals surface area (Å²) in [6.07, 6.45) is 4.84. The zero-order valence-electron chi connectivity index (χ0n) is 16.4. The van der Waals surface area contributed by atoms with Crippen LogP contribution >= 0.6 is 0 Å². The number of aromatic nitrogens is 2. The van der Waals surface area contributed by atoms with Crippen molar-refractivity contribution < 1.29 is 14.6 Å². The van der Waals surface area contributed by atoms with Crippen LogP contribution in [0.25, 0.3) is 17.1 Å². The minimum absolute atomic E-state index is 0.0228. The quantitative estimate of drug-likeness (QED) is 0.470. The molecular weight excluding hydrogens is 378 g/mol. The molecule has 0 aliphatic rings. The Labute approximate surface area is 174 Å². The molecule has 0 aliphatic carbocycles. The molecule has 6 nitrogen and oxygen atoms in total. The van der Waals surface area contributed by atoms with E-state index in [0.717, 1.165) is 16.6 Å². The first-order valence-corrected chi connectivity index (χ1v) is 9.48. The van der Waals surface area contributed by atoms with Crippen LogP contribution in [0.3, 0.4) is 0 Å². The molecule has 3 aromatic carbocycles. The molecule has 0 atom stereocenters. The number of nitrogens with zero attached hydrogens (tertiary/aromatic N) is 2. The lowest BCUT2D eigenvalue weighted by atomic mass is 10.2. The Morgan fingerprint density at radius 2 is 1.97 bits per heavy atom. The molecule has 0 spiro atoms. The molecule has 30 heavy (non-hydrogen) atoms. The summed E-state index contributed by atoms with van der Waals surface area (Å²) in [7, 11) is 1.49. The summed E-state index contributed by atoms with van der Waals surface area (Å²) in [5, 5.41) is 12.8. The van der Waals surface area contributed by atoms with Crippen molar-refractivity contribution in [3.63, 3.8) is 0 Å². The van der Waals surface area contributed by atoms with Gasteiger partial charge in [-0.25, -0.2) is 4.98 Å². The lowest BCUT2D eigenvalue weighted by molar-refractivity contribution is -0.111. The van der Waals surface area contributed by atoms with Crippen molar-refractivity contribution in [2.45, 2.75) is 6.54 Å². The lowest BCUT2D eigenvalue weighted by Crippen LogP contribution is -2.09. The van der Waals surface area contributed by atoms with Gasteiger partial charge in [-0.15, -0.1) is 0 Å². The number of nitrogens with one attached hydrogen (secondary N) is 1. The number of carbonyl (C=O) groups is 1. The summed E-state index contributed by atoms with van der Waals surface area (Å²) in [6.45, 7) is 0.658. The number of anilines is 1. The van der Waals surface area contributed by atoms with Crippen molar-refractivity contribution in [1.29, 1.82) is 0 Å². The Bertz CT molecular complexity index is 1210. The number of hydrogen-bond donors (Lipinski definition) is 2. The standard InChI is InChI=1S/C24H21N3O3/c1-30-22-12-10-17(14-21(22)28)11-13-23(29)26-20-9-5-8-19-24(20)27(16-25-19)15-18-6-3-2-4-7-18/h2-14,16,28H,15H2,1H3,(H,26,29)/b13-11+. The summed E-state index contributed by atoms with van der Waals surface area (Å²) in [6, 6.07) is 20.7. The Kier molecular flexibility index (Phi) is 5.48. The van der Waals surface area contributed by atoms with Gasteiger partial charge in [0.05, 0.1) is 30.2 Å². The van der Waals surface area contributed by atoms with E-state index >= 15 is 0 Å². The molecule has 4 aromatic rings. The first-order valence-electron chi connectivity index (χ1n) is 9.48. The molecule has 0 unspecified atom stereocenters. The SMILES string of the molecule is COc1ccc(/C=C/C(=O)Nc2cccc3ncn(Cc4ccccc4)c23)cc1O. The normalized spacial score (nSPS) is 11.1. The molecule has 0 saturated heterocycles. The highest BCUT2D eigenvalue weighted by Gasteiger charge is 2.10. The predicted octanol–water partition coefficient (Wildman–Crippen LogP) is 4.45. The van der Waals surface area contributed by atoms with Gasteiger partial charge in [0.2, 0.25) is 5.91 Å². The number of methoxy groups -OCH3 is 1. The second kappa shape index (κ2) is 8.53. The van der Waals surface area contributed by atoms with E-state index in [1.807, 2.05) is 41.0 Å². The number of aromatic hydroxyl groups is 1. The van der Waals surface area contributed by atoms with Gasteiger partial charge >= 0.3 is 0 Å². The van der Waals surface area contributed by atoms with E-state index in [1.165, 1.54) is 19.3 Å². The second-order valence-corrected chi connectivity index (χ2v) is 6.79. The van der Waals surface area contributed by atoms with E-state index in [-0.39, 0.29) is 11.7 Å². The number of benzene rings is 3. The van der Waals surface area contributed by atoms with E-state index in [0.29, 0.717) is 23.5 Å². The maximum atomic E-state index is 12.5. The van der Waals surface area contributed by atoms with Gasteiger partial charge in [0.25, 0.3) is 0 Å². The number of carbonyl (C=O) groups excluding carboxylic acids is 1. The third-order valence-electron chi connectivity index (χ3n) is 4.72. The Morgan fingerprint density at radius 3 is 2.73 bits per heavy atom. The molecule has 1 aromatic heterocycles. The van der Waals surface area contributed by atoms with Crippen molar-refractivity contribution in [2.24, 2.45) is 0 Å². The summed E-state index contributed by atoms with van der Waals surface area (Å²) in [4.78, 5) is 17.0. The monoisotopic (exact) mass is 399 g/mol. The fraction of sp³-hybridized carbons (Fsp3) is 0.0833. The van der Waals surface area contributed by atoms with E-state index in [4.69, 9.17) is 4.74 Å². The molecule has 0 bridgehead atoms. The second-order valence-electron chi connectivity index (χ2n) is 6.79. The molecule has 6 heteroatoms. The summed E-state index contributed by atoms with van der Waals surface area (Å²) in [5.41, 5.74) is 4.21. The molecule has 0 saturated carbocycles. The predicted molar refractivity (Wildman–Crippen MR) is 118 cm³/mol. The third-order valence-corrected chi connectivity index (χ3v) is 4.72. The number of phenolic OH excluding ortho intramolecular Hbond substituents is 1.